The summed E-state index contributed by atoms with van der Waals surface area (Å²) in [4.78, 5) is 38.5. The summed E-state index contributed by atoms with van der Waals surface area (Å²) in [5.41, 5.74) is 0. The molecule has 0 rings (SSSR count). The Balaban J connectivity index is 4.21. The van der Waals surface area contributed by atoms with Crippen molar-refractivity contribution >= 4 is 17.9 Å². The van der Waals surface area contributed by atoms with E-state index in [1.165, 1.54) is 302 Å². The van der Waals surface area contributed by atoms with E-state index < -0.39 is 6.10 Å². The SMILES string of the molecule is CCCC/C=C\C/C=C\CCCCCCCC(=O)OCC(COC(=O)CCCCCCCCCCCCCCCCCCCCCCCCCCCC)OC(=O)CCCCCCCCCCCCCCCCCCCCCCCCC. The number of hydrogen-bond donors (Lipinski definition) is 0. The van der Waals surface area contributed by atoms with Gasteiger partial charge in [0.1, 0.15) is 13.2 Å². The fourth-order valence-corrected chi connectivity index (χ4v) is 11.4. The first-order valence-electron chi connectivity index (χ1n) is 36.8. The third kappa shape index (κ3) is 68.6. The summed E-state index contributed by atoms with van der Waals surface area (Å²) < 4.78 is 17.0. The number of hydrogen-bond acceptors (Lipinski definition) is 6. The van der Waals surface area contributed by atoms with Crippen LogP contribution in [0.2, 0.25) is 0 Å². The monoisotopic (exact) mass is 1140 g/mol. The molecule has 6 heteroatoms. The van der Waals surface area contributed by atoms with E-state index in [1.807, 2.05) is 0 Å². The molecule has 1 atom stereocenters. The van der Waals surface area contributed by atoms with Crippen LogP contribution in [0.15, 0.2) is 24.3 Å². The summed E-state index contributed by atoms with van der Waals surface area (Å²) in [6.45, 7) is 6.68. The van der Waals surface area contributed by atoms with Crippen molar-refractivity contribution in [2.45, 2.75) is 425 Å². The van der Waals surface area contributed by atoms with Crippen LogP contribution in [-0.2, 0) is 28.6 Å². The Morgan fingerprint density at radius 3 is 0.716 bits per heavy atom. The molecule has 0 radical (unpaired) electrons. The van der Waals surface area contributed by atoms with Gasteiger partial charge in [0.2, 0.25) is 0 Å². The average molecular weight is 1140 g/mol. The third-order valence-electron chi connectivity index (χ3n) is 17.0. The molecule has 0 aromatic rings. The second-order valence-corrected chi connectivity index (χ2v) is 25.2. The molecule has 0 N–H and O–H groups in total. The average Bonchev–Trinajstić information content (AvgIpc) is 3.47. The predicted molar refractivity (Wildman–Crippen MR) is 353 cm³/mol. The second kappa shape index (κ2) is 70.4. The van der Waals surface area contributed by atoms with Crippen LogP contribution in [-0.4, -0.2) is 37.2 Å². The zero-order valence-corrected chi connectivity index (χ0v) is 55.1. The molecule has 0 amide bonds. The molecular weight excluding hydrogens is 997 g/mol. The van der Waals surface area contributed by atoms with Crippen molar-refractivity contribution in [2.75, 3.05) is 13.2 Å². The fraction of sp³-hybridized carbons (Fsp3) is 0.907. The minimum Gasteiger partial charge on any atom is -0.462 e. The van der Waals surface area contributed by atoms with Gasteiger partial charge in [-0.3, -0.25) is 14.4 Å². The zero-order valence-electron chi connectivity index (χ0n) is 55.1. The van der Waals surface area contributed by atoms with Gasteiger partial charge in [0, 0.05) is 19.3 Å². The van der Waals surface area contributed by atoms with Crippen molar-refractivity contribution in [1.29, 1.82) is 0 Å². The van der Waals surface area contributed by atoms with E-state index in [1.54, 1.807) is 0 Å². The molecule has 0 aromatic heterocycles. The van der Waals surface area contributed by atoms with Gasteiger partial charge in [0.05, 0.1) is 0 Å². The Morgan fingerprint density at radius 2 is 0.457 bits per heavy atom. The highest BCUT2D eigenvalue weighted by molar-refractivity contribution is 5.71. The Kier molecular flexibility index (Phi) is 68.5. The summed E-state index contributed by atoms with van der Waals surface area (Å²) in [7, 11) is 0. The maximum atomic E-state index is 13.0. The minimum atomic E-state index is -0.774. The van der Waals surface area contributed by atoms with Gasteiger partial charge in [-0.15, -0.1) is 0 Å². The van der Waals surface area contributed by atoms with E-state index in [2.05, 4.69) is 45.1 Å². The Hall–Kier alpha value is -2.11. The maximum Gasteiger partial charge on any atom is 0.306 e. The molecule has 6 nitrogen and oxygen atoms in total. The van der Waals surface area contributed by atoms with Gasteiger partial charge in [0.15, 0.2) is 6.10 Å². The molecule has 478 valence electrons. The predicted octanol–water partition coefficient (Wildman–Crippen LogP) is 25.3. The first-order chi connectivity index (χ1) is 40.0. The lowest BCUT2D eigenvalue weighted by Gasteiger charge is -2.18. The summed E-state index contributed by atoms with van der Waals surface area (Å²) in [5.74, 6) is -0.849. The molecule has 0 spiro atoms. The van der Waals surface area contributed by atoms with Crippen molar-refractivity contribution < 1.29 is 28.6 Å². The standard InChI is InChI=1S/C75H142O6/c1-4-7-10-13-16-19-22-25-28-30-32-34-36-37-38-40-41-43-45-47-50-53-56-59-62-65-68-74(77)80-71-72(70-79-73(76)67-64-61-58-55-52-49-27-24-21-18-15-12-9-6-3)81-75(78)69-66-63-60-57-54-51-48-46-44-42-39-35-33-31-29-26-23-20-17-14-11-8-5-2/h15,18,24,27,72H,4-14,16-17,19-23,25-26,28-71H2,1-3H3/b18-15-,27-24-. The molecule has 0 aliphatic heterocycles. The zero-order chi connectivity index (χ0) is 58.5. The number of rotatable bonds is 69. The molecule has 0 fully saturated rings. The van der Waals surface area contributed by atoms with Gasteiger partial charge < -0.3 is 14.2 Å². The number of esters is 3. The first-order valence-corrected chi connectivity index (χ1v) is 36.8. The minimum absolute atomic E-state index is 0.0691. The van der Waals surface area contributed by atoms with E-state index in [9.17, 15) is 14.4 Å². The largest absolute Gasteiger partial charge is 0.462 e. The van der Waals surface area contributed by atoms with Crippen LogP contribution in [0, 0.1) is 0 Å². The van der Waals surface area contributed by atoms with E-state index in [-0.39, 0.29) is 31.1 Å². The van der Waals surface area contributed by atoms with Gasteiger partial charge >= 0.3 is 17.9 Å². The maximum absolute atomic E-state index is 13.0. The van der Waals surface area contributed by atoms with E-state index in [4.69, 9.17) is 14.2 Å². The third-order valence-corrected chi connectivity index (χ3v) is 17.0. The topological polar surface area (TPSA) is 78.9 Å². The molecule has 0 saturated carbocycles. The molecule has 0 saturated heterocycles. The highest BCUT2D eigenvalue weighted by Crippen LogP contribution is 2.19. The molecule has 0 aromatic carbocycles. The van der Waals surface area contributed by atoms with Crippen LogP contribution in [0.3, 0.4) is 0 Å². The van der Waals surface area contributed by atoms with E-state index in [0.29, 0.717) is 19.3 Å². The number of ether oxygens (including phenoxy) is 3. The molecule has 0 aliphatic carbocycles. The van der Waals surface area contributed by atoms with Crippen molar-refractivity contribution in [3.05, 3.63) is 24.3 Å². The summed E-state index contributed by atoms with van der Waals surface area (Å²) >= 11 is 0. The van der Waals surface area contributed by atoms with Gasteiger partial charge in [-0.2, -0.15) is 0 Å². The van der Waals surface area contributed by atoms with Crippen LogP contribution in [0.1, 0.15) is 419 Å². The Labute approximate surface area is 506 Å². The quantitative estimate of drug-likeness (QED) is 0.0261. The van der Waals surface area contributed by atoms with Gasteiger partial charge in [0.25, 0.3) is 0 Å². The van der Waals surface area contributed by atoms with Gasteiger partial charge in [-0.05, 0) is 44.9 Å². The molecule has 81 heavy (non-hydrogen) atoms. The summed E-state index contributed by atoms with van der Waals surface area (Å²) in [6, 6.07) is 0. The van der Waals surface area contributed by atoms with Crippen LogP contribution in [0.25, 0.3) is 0 Å². The molecular formula is C75H142O6. The Morgan fingerprint density at radius 1 is 0.247 bits per heavy atom. The van der Waals surface area contributed by atoms with E-state index in [0.717, 1.165) is 77.0 Å². The smallest absolute Gasteiger partial charge is 0.306 e. The first kappa shape index (κ1) is 78.9. The van der Waals surface area contributed by atoms with Crippen LogP contribution in [0.4, 0.5) is 0 Å². The number of unbranched alkanes of at least 4 members (excludes halogenated alkanes) is 54. The number of allylic oxidation sites excluding steroid dienone is 4. The van der Waals surface area contributed by atoms with Crippen molar-refractivity contribution in [1.82, 2.24) is 0 Å². The molecule has 0 bridgehead atoms. The van der Waals surface area contributed by atoms with Gasteiger partial charge in [-0.25, -0.2) is 0 Å². The summed E-state index contributed by atoms with van der Waals surface area (Å²) in [5, 5.41) is 0. The highest BCUT2D eigenvalue weighted by atomic mass is 16.6. The van der Waals surface area contributed by atoms with Crippen molar-refractivity contribution in [3.8, 4) is 0 Å². The molecule has 0 heterocycles. The fourth-order valence-electron chi connectivity index (χ4n) is 11.4. The lowest BCUT2D eigenvalue weighted by molar-refractivity contribution is -0.167. The van der Waals surface area contributed by atoms with Crippen molar-refractivity contribution in [2.24, 2.45) is 0 Å². The molecule has 0 aliphatic rings. The Bertz CT molecular complexity index is 1310. The van der Waals surface area contributed by atoms with Gasteiger partial charge in [-0.1, -0.05) is 379 Å². The normalized spacial score (nSPS) is 12.1. The second-order valence-electron chi connectivity index (χ2n) is 25.2. The lowest BCUT2D eigenvalue weighted by atomic mass is 10.0. The highest BCUT2D eigenvalue weighted by Gasteiger charge is 2.20. The number of carbonyl (C=O) groups is 3. The summed E-state index contributed by atoms with van der Waals surface area (Å²) in [6.07, 6.45) is 86.5. The lowest BCUT2D eigenvalue weighted by Crippen LogP contribution is -2.30. The number of carbonyl (C=O) groups excluding carboxylic acids is 3. The van der Waals surface area contributed by atoms with Crippen LogP contribution >= 0.6 is 0 Å². The van der Waals surface area contributed by atoms with Crippen molar-refractivity contribution in [3.63, 3.8) is 0 Å². The molecule has 1 unspecified atom stereocenters. The van der Waals surface area contributed by atoms with Crippen LogP contribution in [0.5, 0.6) is 0 Å². The van der Waals surface area contributed by atoms with E-state index >= 15 is 0 Å². The van der Waals surface area contributed by atoms with Crippen LogP contribution < -0.4 is 0 Å².